The van der Waals surface area contributed by atoms with Gasteiger partial charge in [-0.2, -0.15) is 0 Å². The first-order chi connectivity index (χ1) is 20.0. The van der Waals surface area contributed by atoms with Crippen molar-refractivity contribution >= 4 is 5.97 Å². The molecule has 0 amide bonds. The van der Waals surface area contributed by atoms with Gasteiger partial charge in [0, 0.05) is 25.6 Å². The Morgan fingerprint density at radius 3 is 1.95 bits per heavy atom. The van der Waals surface area contributed by atoms with E-state index >= 15 is 0 Å². The lowest BCUT2D eigenvalue weighted by atomic mass is 9.75. The van der Waals surface area contributed by atoms with Gasteiger partial charge in [-0.05, 0) is 60.6 Å². The Kier molecular flexibility index (Phi) is 12.0. The predicted molar refractivity (Wildman–Crippen MR) is 167 cm³/mol. The summed E-state index contributed by atoms with van der Waals surface area (Å²) in [4.78, 5) is 16.2. The molecule has 0 unspecified atom stereocenters. The molecule has 3 aromatic rings. The molecule has 0 aliphatic heterocycles. The van der Waals surface area contributed by atoms with Crippen LogP contribution in [0.25, 0.3) is 0 Å². The van der Waals surface area contributed by atoms with Gasteiger partial charge in [-0.25, -0.2) is 0 Å². The normalized spacial score (nSPS) is 20.6. The molecule has 1 fully saturated rings. The van der Waals surface area contributed by atoms with Crippen molar-refractivity contribution in [2.75, 3.05) is 13.2 Å². The topological polar surface area (TPSA) is 38.8 Å². The predicted octanol–water partition coefficient (Wildman–Crippen LogP) is 8.27. The van der Waals surface area contributed by atoms with E-state index in [4.69, 9.17) is 9.47 Å². The number of nitrogens with zero attached hydrogens (tertiary/aromatic N) is 1. The van der Waals surface area contributed by atoms with Gasteiger partial charge in [-0.1, -0.05) is 118 Å². The molecular formula is C37H49NO3. The van der Waals surface area contributed by atoms with Crippen LogP contribution in [0, 0.1) is 17.8 Å². The molecule has 4 rings (SSSR count). The van der Waals surface area contributed by atoms with Crippen LogP contribution in [0.3, 0.4) is 0 Å². The molecule has 0 aromatic heterocycles. The van der Waals surface area contributed by atoms with Crippen LogP contribution in [0.15, 0.2) is 91.0 Å². The van der Waals surface area contributed by atoms with Crippen LogP contribution in [0.4, 0.5) is 0 Å². The summed E-state index contributed by atoms with van der Waals surface area (Å²) in [6.07, 6.45) is 4.67. The van der Waals surface area contributed by atoms with Crippen molar-refractivity contribution in [1.82, 2.24) is 4.90 Å². The number of carbonyl (C=O) groups excluding carboxylic acids is 1. The fourth-order valence-electron chi connectivity index (χ4n) is 6.54. The Balaban J connectivity index is 1.65. The molecule has 3 aromatic carbocycles. The smallest absolute Gasteiger partial charge is 0.324 e. The summed E-state index contributed by atoms with van der Waals surface area (Å²) in [7, 11) is 0. The molecule has 5 atom stereocenters. The molecule has 0 heterocycles. The molecule has 1 aliphatic carbocycles. The fraction of sp³-hybridized carbons (Fsp3) is 0.486. The number of esters is 1. The van der Waals surface area contributed by atoms with Gasteiger partial charge in [-0.3, -0.25) is 9.69 Å². The Morgan fingerprint density at radius 1 is 0.854 bits per heavy atom. The second-order valence-corrected chi connectivity index (χ2v) is 12.1. The quantitative estimate of drug-likeness (QED) is 0.188. The molecule has 0 bridgehead atoms. The van der Waals surface area contributed by atoms with Crippen LogP contribution < -0.4 is 0 Å². The van der Waals surface area contributed by atoms with Crippen molar-refractivity contribution in [1.29, 1.82) is 0 Å². The molecule has 4 nitrogen and oxygen atoms in total. The van der Waals surface area contributed by atoms with Crippen LogP contribution in [-0.4, -0.2) is 36.2 Å². The molecular weight excluding hydrogens is 506 g/mol. The first-order valence-electron chi connectivity index (χ1n) is 15.6. The third-order valence-corrected chi connectivity index (χ3v) is 8.71. The number of ether oxygens (including phenoxy) is 2. The lowest BCUT2D eigenvalue weighted by Gasteiger charge is -2.38. The zero-order valence-electron chi connectivity index (χ0n) is 25.5. The van der Waals surface area contributed by atoms with E-state index in [9.17, 15) is 4.79 Å². The molecule has 1 aliphatic rings. The second-order valence-electron chi connectivity index (χ2n) is 12.1. The van der Waals surface area contributed by atoms with Gasteiger partial charge < -0.3 is 9.47 Å². The number of hydrogen-bond donors (Lipinski definition) is 0. The summed E-state index contributed by atoms with van der Waals surface area (Å²) < 4.78 is 12.5. The summed E-state index contributed by atoms with van der Waals surface area (Å²) in [6.45, 7) is 11.2. The highest BCUT2D eigenvalue weighted by Crippen LogP contribution is 2.36. The van der Waals surface area contributed by atoms with Crippen molar-refractivity contribution in [3.05, 3.63) is 108 Å². The maximum Gasteiger partial charge on any atom is 0.324 e. The molecule has 0 spiro atoms. The van der Waals surface area contributed by atoms with Crippen LogP contribution >= 0.6 is 0 Å². The van der Waals surface area contributed by atoms with Gasteiger partial charge in [0.25, 0.3) is 0 Å². The van der Waals surface area contributed by atoms with E-state index in [2.05, 4.69) is 98.5 Å². The van der Waals surface area contributed by atoms with Crippen molar-refractivity contribution in [3.8, 4) is 0 Å². The van der Waals surface area contributed by atoms with Gasteiger partial charge in [0.15, 0.2) is 0 Å². The van der Waals surface area contributed by atoms with Crippen molar-refractivity contribution in [3.63, 3.8) is 0 Å². The maximum absolute atomic E-state index is 13.9. The average Bonchev–Trinajstić information content (AvgIpc) is 2.98. The zero-order valence-corrected chi connectivity index (χ0v) is 25.5. The Labute approximate surface area is 248 Å². The maximum atomic E-state index is 13.9. The lowest BCUT2D eigenvalue weighted by molar-refractivity contribution is -0.151. The molecule has 41 heavy (non-hydrogen) atoms. The van der Waals surface area contributed by atoms with E-state index in [1.165, 1.54) is 24.0 Å². The number of carbonyl (C=O) groups is 1. The largest absolute Gasteiger partial charge is 0.465 e. The van der Waals surface area contributed by atoms with Crippen LogP contribution in [0.1, 0.15) is 76.0 Å². The van der Waals surface area contributed by atoms with E-state index in [1.54, 1.807) is 0 Å². The highest BCUT2D eigenvalue weighted by molar-refractivity contribution is 5.77. The van der Waals surface area contributed by atoms with Crippen LogP contribution in [-0.2, 0) is 27.4 Å². The molecule has 0 saturated heterocycles. The van der Waals surface area contributed by atoms with Crippen molar-refractivity contribution in [2.45, 2.75) is 84.5 Å². The summed E-state index contributed by atoms with van der Waals surface area (Å²) in [6, 6.07) is 30.9. The van der Waals surface area contributed by atoms with E-state index in [0.717, 1.165) is 18.4 Å². The monoisotopic (exact) mass is 555 g/mol. The number of benzene rings is 3. The molecule has 1 saturated carbocycles. The molecule has 220 valence electrons. The van der Waals surface area contributed by atoms with Crippen molar-refractivity contribution in [2.24, 2.45) is 17.8 Å². The first-order valence-corrected chi connectivity index (χ1v) is 15.6. The van der Waals surface area contributed by atoms with E-state index in [1.807, 2.05) is 25.1 Å². The van der Waals surface area contributed by atoms with Gasteiger partial charge >= 0.3 is 5.97 Å². The summed E-state index contributed by atoms with van der Waals surface area (Å²) in [5.41, 5.74) is 3.51. The van der Waals surface area contributed by atoms with E-state index < -0.39 is 6.04 Å². The number of rotatable bonds is 14. The van der Waals surface area contributed by atoms with Crippen molar-refractivity contribution < 1.29 is 14.3 Å². The average molecular weight is 556 g/mol. The van der Waals surface area contributed by atoms with E-state index in [-0.39, 0.29) is 18.0 Å². The van der Waals surface area contributed by atoms with Crippen LogP contribution in [0.5, 0.6) is 0 Å². The fourth-order valence-corrected chi connectivity index (χ4v) is 6.54. The third-order valence-electron chi connectivity index (χ3n) is 8.71. The third kappa shape index (κ3) is 9.02. The highest BCUT2D eigenvalue weighted by atomic mass is 16.5. The lowest BCUT2D eigenvalue weighted by Crippen LogP contribution is -2.46. The zero-order chi connectivity index (χ0) is 29.0. The van der Waals surface area contributed by atoms with Crippen LogP contribution in [0.2, 0.25) is 0 Å². The minimum Gasteiger partial charge on any atom is -0.465 e. The molecule has 4 heteroatoms. The Bertz CT molecular complexity index is 1110. The summed E-state index contributed by atoms with van der Waals surface area (Å²) >= 11 is 0. The first kappa shape index (κ1) is 31.0. The van der Waals surface area contributed by atoms with E-state index in [0.29, 0.717) is 44.1 Å². The SMILES string of the molecule is CCOC(=O)[C@H]([C@@H](CCO[C@@H]1C[C@H](C)CC[C@H]1C(C)C)c1ccccc1)N(Cc1ccccc1)Cc1ccccc1. The Hall–Kier alpha value is -2.95. The minimum atomic E-state index is -0.451. The molecule has 0 N–H and O–H groups in total. The highest BCUT2D eigenvalue weighted by Gasteiger charge is 2.37. The van der Waals surface area contributed by atoms with Gasteiger partial charge in [0.1, 0.15) is 6.04 Å². The van der Waals surface area contributed by atoms with Gasteiger partial charge in [0.05, 0.1) is 12.7 Å². The summed E-state index contributed by atoms with van der Waals surface area (Å²) in [5, 5.41) is 0. The summed E-state index contributed by atoms with van der Waals surface area (Å²) in [5.74, 6) is 1.66. The molecule has 0 radical (unpaired) electrons. The second kappa shape index (κ2) is 15.9. The van der Waals surface area contributed by atoms with Gasteiger partial charge in [-0.15, -0.1) is 0 Å². The Morgan fingerprint density at radius 2 is 1.41 bits per heavy atom. The number of hydrogen-bond acceptors (Lipinski definition) is 4. The minimum absolute atomic E-state index is 0.0683. The standard InChI is InChI=1S/C37H49NO3/c1-5-40-37(39)36(38(26-30-15-9-6-10-16-30)27-31-17-11-7-12-18-31)34(32-19-13-8-14-20-32)23-24-41-35-25-29(4)21-22-33(35)28(2)3/h6-20,28-29,33-36H,5,21-27H2,1-4H3/t29-,33+,34+,35-,36+/m1/s1. The van der Waals surface area contributed by atoms with Gasteiger partial charge in [0.2, 0.25) is 0 Å².